The van der Waals surface area contributed by atoms with E-state index in [9.17, 15) is 14.7 Å². The molecule has 1 aliphatic carbocycles. The Hall–Kier alpha value is -4.20. The van der Waals surface area contributed by atoms with Crippen LogP contribution in [0.3, 0.4) is 0 Å². The predicted molar refractivity (Wildman–Crippen MR) is 168 cm³/mol. The fourth-order valence-electron chi connectivity index (χ4n) is 6.07. The Morgan fingerprint density at radius 3 is 2.72 bits per heavy atom. The van der Waals surface area contributed by atoms with E-state index in [0.717, 1.165) is 37.8 Å². The fourth-order valence-corrected chi connectivity index (χ4v) is 6.07. The smallest absolute Gasteiger partial charge is 0.302 e. The molecule has 0 amide bonds. The molecule has 0 radical (unpaired) electrons. The summed E-state index contributed by atoms with van der Waals surface area (Å²) < 4.78 is 10.9. The highest BCUT2D eigenvalue weighted by molar-refractivity contribution is 5.79. The maximum Gasteiger partial charge on any atom is 0.302 e. The lowest BCUT2D eigenvalue weighted by Crippen LogP contribution is -2.32. The van der Waals surface area contributed by atoms with E-state index in [1.165, 1.54) is 30.7 Å². The summed E-state index contributed by atoms with van der Waals surface area (Å²) in [6, 6.07) is 5.10. The van der Waals surface area contributed by atoms with Crippen LogP contribution in [0.4, 0.5) is 0 Å². The van der Waals surface area contributed by atoms with Gasteiger partial charge >= 0.3 is 5.97 Å². The second kappa shape index (κ2) is 14.8. The number of aromatic amines is 1. The summed E-state index contributed by atoms with van der Waals surface area (Å²) >= 11 is 0. The van der Waals surface area contributed by atoms with Crippen molar-refractivity contribution in [3.63, 3.8) is 0 Å². The SMILES string of the molecule is COc1cc(CCC(=O)CC(CCC2(Cc3c[nH]cc3CCC3=CCNC(N)=C3)C=CC=CC2C)OC(C)=O)ccc1O. The zero-order valence-electron chi connectivity index (χ0n) is 25.5. The maximum absolute atomic E-state index is 13.0. The first-order chi connectivity index (χ1) is 20.7. The van der Waals surface area contributed by atoms with Gasteiger partial charge in [0.25, 0.3) is 0 Å². The van der Waals surface area contributed by atoms with Crippen molar-refractivity contribution >= 4 is 11.8 Å². The number of aryl methyl sites for hydroxylation is 2. The average molecular weight is 588 g/mol. The molecular weight excluding hydrogens is 542 g/mol. The highest BCUT2D eigenvalue weighted by Crippen LogP contribution is 2.42. The Balaban J connectivity index is 1.41. The minimum atomic E-state index is -0.488. The number of allylic oxidation sites excluding steroid dienone is 6. The molecule has 230 valence electrons. The molecule has 8 nitrogen and oxygen atoms in total. The Labute approximate surface area is 254 Å². The van der Waals surface area contributed by atoms with Crippen LogP contribution in [-0.2, 0) is 33.6 Å². The molecule has 0 bridgehead atoms. The molecule has 0 fully saturated rings. The minimum Gasteiger partial charge on any atom is -0.504 e. The molecule has 0 saturated carbocycles. The number of hydrogen-bond acceptors (Lipinski definition) is 7. The molecule has 1 aromatic heterocycles. The van der Waals surface area contributed by atoms with E-state index < -0.39 is 6.10 Å². The number of benzene rings is 1. The third-order valence-corrected chi connectivity index (χ3v) is 8.64. The number of phenols is 1. The third kappa shape index (κ3) is 8.89. The van der Waals surface area contributed by atoms with Gasteiger partial charge < -0.3 is 30.6 Å². The molecule has 5 N–H and O–H groups in total. The number of hydrogen-bond donors (Lipinski definition) is 4. The number of nitrogens with one attached hydrogen (secondary N) is 2. The third-order valence-electron chi connectivity index (χ3n) is 8.64. The van der Waals surface area contributed by atoms with Crippen LogP contribution in [0.15, 0.2) is 78.4 Å². The number of carbonyl (C=O) groups is 2. The number of nitrogens with two attached hydrogens (primary N) is 1. The van der Waals surface area contributed by atoms with Crippen LogP contribution < -0.4 is 15.8 Å². The van der Waals surface area contributed by atoms with Gasteiger partial charge in [-0.3, -0.25) is 9.59 Å². The summed E-state index contributed by atoms with van der Waals surface area (Å²) in [5, 5.41) is 13.0. The molecule has 1 aliphatic heterocycles. The largest absolute Gasteiger partial charge is 0.504 e. The molecule has 0 spiro atoms. The Bertz CT molecular complexity index is 1400. The van der Waals surface area contributed by atoms with Crippen molar-refractivity contribution in [2.75, 3.05) is 13.7 Å². The molecule has 1 aromatic carbocycles. The van der Waals surface area contributed by atoms with Crippen molar-refractivity contribution in [1.29, 1.82) is 0 Å². The molecule has 3 atom stereocenters. The summed E-state index contributed by atoms with van der Waals surface area (Å²) in [7, 11) is 1.50. The number of esters is 1. The van der Waals surface area contributed by atoms with Crippen LogP contribution in [0.25, 0.3) is 0 Å². The van der Waals surface area contributed by atoms with Crippen molar-refractivity contribution in [2.24, 2.45) is 17.1 Å². The number of ketones is 1. The summed E-state index contributed by atoms with van der Waals surface area (Å²) in [6.45, 7) is 4.39. The fraction of sp³-hybridized carbons (Fsp3) is 0.429. The highest BCUT2D eigenvalue weighted by atomic mass is 16.5. The first-order valence-corrected chi connectivity index (χ1v) is 15.1. The monoisotopic (exact) mass is 587 g/mol. The summed E-state index contributed by atoms with van der Waals surface area (Å²) in [6.07, 6.45) is 21.7. The number of ether oxygens (including phenoxy) is 2. The summed E-state index contributed by atoms with van der Waals surface area (Å²) in [5.41, 5.74) is 10.5. The number of Topliss-reactive ketones (excluding diaryl/α,β-unsaturated/α-hetero) is 1. The van der Waals surface area contributed by atoms with Crippen LogP contribution in [0.5, 0.6) is 11.5 Å². The lowest BCUT2D eigenvalue weighted by atomic mass is 9.66. The lowest BCUT2D eigenvalue weighted by Gasteiger charge is -2.38. The number of aromatic hydroxyl groups is 1. The van der Waals surface area contributed by atoms with Gasteiger partial charge in [-0.1, -0.05) is 43.4 Å². The number of carbonyl (C=O) groups excluding carboxylic acids is 2. The second-order valence-corrected chi connectivity index (χ2v) is 11.7. The van der Waals surface area contributed by atoms with E-state index >= 15 is 0 Å². The van der Waals surface area contributed by atoms with Crippen molar-refractivity contribution in [2.45, 2.75) is 71.3 Å². The van der Waals surface area contributed by atoms with E-state index in [1.807, 2.05) is 6.08 Å². The summed E-state index contributed by atoms with van der Waals surface area (Å²) in [5.74, 6) is 1.09. The van der Waals surface area contributed by atoms with E-state index in [-0.39, 0.29) is 35.3 Å². The number of phenolic OH excluding ortho intramolecular Hbond substituents is 1. The van der Waals surface area contributed by atoms with E-state index in [1.54, 1.807) is 18.2 Å². The molecular formula is C35H45N3O5. The Morgan fingerprint density at radius 2 is 1.98 bits per heavy atom. The lowest BCUT2D eigenvalue weighted by molar-refractivity contribution is -0.148. The zero-order chi connectivity index (χ0) is 30.8. The molecule has 43 heavy (non-hydrogen) atoms. The molecule has 4 rings (SSSR count). The molecule has 2 heterocycles. The quantitative estimate of drug-likeness (QED) is 0.200. The number of aromatic nitrogens is 1. The average Bonchev–Trinajstić information content (AvgIpc) is 3.42. The van der Waals surface area contributed by atoms with Gasteiger partial charge in [0, 0.05) is 38.7 Å². The molecule has 2 aromatic rings. The second-order valence-electron chi connectivity index (χ2n) is 11.7. The van der Waals surface area contributed by atoms with E-state index in [4.69, 9.17) is 15.2 Å². The first kappa shape index (κ1) is 31.7. The van der Waals surface area contributed by atoms with Gasteiger partial charge in [0.2, 0.25) is 0 Å². The number of dihydropyridines is 1. The molecule has 3 unspecified atom stereocenters. The Morgan fingerprint density at radius 1 is 1.16 bits per heavy atom. The molecule has 8 heteroatoms. The number of methoxy groups -OCH3 is 1. The predicted octanol–water partition coefficient (Wildman–Crippen LogP) is 5.59. The van der Waals surface area contributed by atoms with Crippen LogP contribution >= 0.6 is 0 Å². The van der Waals surface area contributed by atoms with Gasteiger partial charge in [0.1, 0.15) is 11.9 Å². The normalized spacial score (nSPS) is 20.1. The van der Waals surface area contributed by atoms with Gasteiger partial charge in [-0.25, -0.2) is 0 Å². The number of rotatable bonds is 15. The van der Waals surface area contributed by atoms with Gasteiger partial charge in [0.05, 0.1) is 12.9 Å². The van der Waals surface area contributed by atoms with Crippen LogP contribution in [0, 0.1) is 11.3 Å². The van der Waals surface area contributed by atoms with Gasteiger partial charge in [-0.2, -0.15) is 0 Å². The van der Waals surface area contributed by atoms with Crippen LogP contribution in [-0.4, -0.2) is 41.6 Å². The number of H-pyrrole nitrogens is 1. The maximum atomic E-state index is 13.0. The molecule has 2 aliphatic rings. The van der Waals surface area contributed by atoms with Gasteiger partial charge in [0.15, 0.2) is 11.5 Å². The van der Waals surface area contributed by atoms with E-state index in [0.29, 0.717) is 30.8 Å². The van der Waals surface area contributed by atoms with Crippen molar-refractivity contribution in [1.82, 2.24) is 10.3 Å². The zero-order valence-corrected chi connectivity index (χ0v) is 25.5. The minimum absolute atomic E-state index is 0.0364. The standard InChI is InChI=1S/C35H45N3O5/c1-24-6-4-5-15-35(24,21-29-23-37-22-28(29)10-7-27-14-17-38-34(36)19-27)16-13-31(43-25(2)39)20-30(40)11-8-26-9-12-32(41)33(18-26)42-3/h4-6,9,12,14-15,18-19,22-24,31,37-38,41H,7-8,10-11,13,16-17,20-21,36H2,1-3H3. The van der Waals surface area contributed by atoms with Crippen LogP contribution in [0.1, 0.15) is 62.6 Å². The van der Waals surface area contributed by atoms with Gasteiger partial charge in [-0.05, 0) is 90.3 Å². The van der Waals surface area contributed by atoms with Gasteiger partial charge in [-0.15, -0.1) is 0 Å². The van der Waals surface area contributed by atoms with Crippen LogP contribution in [0.2, 0.25) is 0 Å². The molecule has 0 saturated heterocycles. The van der Waals surface area contributed by atoms with Crippen molar-refractivity contribution < 1.29 is 24.2 Å². The first-order valence-electron chi connectivity index (χ1n) is 15.1. The van der Waals surface area contributed by atoms with Crippen molar-refractivity contribution in [3.05, 3.63) is 95.1 Å². The highest BCUT2D eigenvalue weighted by Gasteiger charge is 2.35. The Kier molecular flexibility index (Phi) is 10.9. The van der Waals surface area contributed by atoms with Crippen molar-refractivity contribution in [3.8, 4) is 11.5 Å². The van der Waals surface area contributed by atoms with E-state index in [2.05, 4.69) is 60.0 Å². The topological polar surface area (TPSA) is 127 Å². The summed E-state index contributed by atoms with van der Waals surface area (Å²) in [4.78, 5) is 28.4.